The second-order valence-corrected chi connectivity index (χ2v) is 1.99. The molecule has 2 aliphatic rings. The molecule has 0 heterocycles. The Kier molecular flexibility index (Phi) is 1.26. The largest absolute Gasteiger partial charge is 0.147 e. The van der Waals surface area contributed by atoms with Gasteiger partial charge in [-0.2, -0.15) is 0 Å². The summed E-state index contributed by atoms with van der Waals surface area (Å²) in [6.45, 7) is 0. The van der Waals surface area contributed by atoms with E-state index in [-0.39, 0.29) is 12.4 Å². The number of halogens is 1. The molecule has 0 nitrogen and oxygen atoms in total. The molecule has 2 bridgehead atoms. The minimum atomic E-state index is 0. The summed E-state index contributed by atoms with van der Waals surface area (Å²) in [6.07, 6.45) is 9.90. The summed E-state index contributed by atoms with van der Waals surface area (Å²) in [6, 6.07) is 0. The summed E-state index contributed by atoms with van der Waals surface area (Å²) in [5.41, 5.74) is 2.94. The Labute approximate surface area is 55.0 Å². The third kappa shape index (κ3) is 0.614. The molecule has 0 saturated heterocycles. The zero-order chi connectivity index (χ0) is 4.69. The second-order valence-electron chi connectivity index (χ2n) is 1.99. The van der Waals surface area contributed by atoms with Crippen LogP contribution in [0.1, 0.15) is 6.42 Å². The van der Waals surface area contributed by atoms with Crippen LogP contribution in [0, 0.1) is 0 Å². The fourth-order valence-corrected chi connectivity index (χ4v) is 1.01. The zero-order valence-electron chi connectivity index (χ0n) is 4.42. The summed E-state index contributed by atoms with van der Waals surface area (Å²) in [4.78, 5) is 0. The van der Waals surface area contributed by atoms with Gasteiger partial charge in [0.15, 0.2) is 0 Å². The fourth-order valence-electron chi connectivity index (χ4n) is 1.01. The number of fused-ring (bicyclic) bond motifs is 2. The van der Waals surface area contributed by atoms with Gasteiger partial charge in [-0.15, -0.1) is 12.4 Å². The average molecular weight is 127 g/mol. The molecule has 8 heavy (non-hydrogen) atoms. The van der Waals surface area contributed by atoms with Gasteiger partial charge in [-0.05, 0) is 17.6 Å². The van der Waals surface area contributed by atoms with E-state index < -0.39 is 0 Å². The van der Waals surface area contributed by atoms with Crippen molar-refractivity contribution < 1.29 is 0 Å². The number of allylic oxidation sites excluding steroid dienone is 6. The van der Waals surface area contributed by atoms with Crippen molar-refractivity contribution in [1.29, 1.82) is 0 Å². The first kappa shape index (κ1) is 5.64. The molecule has 0 aromatic carbocycles. The van der Waals surface area contributed by atoms with E-state index in [1.165, 1.54) is 17.6 Å². The molecule has 0 fully saturated rings. The summed E-state index contributed by atoms with van der Waals surface area (Å²) in [7, 11) is 0. The summed E-state index contributed by atoms with van der Waals surface area (Å²) in [5.74, 6) is 0. The average Bonchev–Trinajstić information content (AvgIpc) is 2.22. The van der Waals surface area contributed by atoms with Gasteiger partial charge in [-0.3, -0.25) is 0 Å². The lowest BCUT2D eigenvalue weighted by atomic mass is 10.3. The van der Waals surface area contributed by atoms with Crippen LogP contribution in [0.2, 0.25) is 0 Å². The van der Waals surface area contributed by atoms with Crippen molar-refractivity contribution in [1.82, 2.24) is 0 Å². The van der Waals surface area contributed by atoms with Gasteiger partial charge in [0, 0.05) is 0 Å². The van der Waals surface area contributed by atoms with Gasteiger partial charge in [0.1, 0.15) is 0 Å². The smallest absolute Gasteiger partial charge is 0.00258 e. The molecule has 42 valence electrons. The molecular formula is C7H7Cl. The van der Waals surface area contributed by atoms with Gasteiger partial charge in [0.05, 0.1) is 0 Å². The molecular weight excluding hydrogens is 120 g/mol. The SMILES string of the molecule is C1=CC2=CC=C1C2.Cl. The first-order chi connectivity index (χ1) is 3.45. The molecule has 0 aliphatic heterocycles. The van der Waals surface area contributed by atoms with Crippen LogP contribution in [0.25, 0.3) is 0 Å². The van der Waals surface area contributed by atoms with Gasteiger partial charge in [-0.1, -0.05) is 24.3 Å². The van der Waals surface area contributed by atoms with Crippen molar-refractivity contribution in [3.05, 3.63) is 35.5 Å². The quantitative estimate of drug-likeness (QED) is 0.467. The minimum Gasteiger partial charge on any atom is -0.147 e. The Bertz CT molecular complexity index is 165. The van der Waals surface area contributed by atoms with Crippen LogP contribution < -0.4 is 0 Å². The van der Waals surface area contributed by atoms with Crippen molar-refractivity contribution in [3.63, 3.8) is 0 Å². The maximum Gasteiger partial charge on any atom is -0.00258 e. The minimum absolute atomic E-state index is 0. The van der Waals surface area contributed by atoms with Gasteiger partial charge in [0.2, 0.25) is 0 Å². The maximum atomic E-state index is 2.18. The van der Waals surface area contributed by atoms with E-state index in [0.29, 0.717) is 0 Å². The summed E-state index contributed by atoms with van der Waals surface area (Å²) < 4.78 is 0. The van der Waals surface area contributed by atoms with Crippen LogP contribution in [0.3, 0.4) is 0 Å². The second kappa shape index (κ2) is 1.79. The highest BCUT2D eigenvalue weighted by Gasteiger charge is 2.07. The number of rotatable bonds is 0. The third-order valence-electron chi connectivity index (χ3n) is 1.43. The van der Waals surface area contributed by atoms with Crippen LogP contribution in [0.15, 0.2) is 35.5 Å². The third-order valence-corrected chi connectivity index (χ3v) is 1.43. The molecule has 0 N–H and O–H groups in total. The molecule has 0 unspecified atom stereocenters. The summed E-state index contributed by atoms with van der Waals surface area (Å²) >= 11 is 0. The normalized spacial score (nSPS) is 20.0. The topological polar surface area (TPSA) is 0 Å². The van der Waals surface area contributed by atoms with E-state index >= 15 is 0 Å². The molecule has 0 aromatic heterocycles. The van der Waals surface area contributed by atoms with Crippen LogP contribution in [-0.4, -0.2) is 0 Å². The first-order valence-electron chi connectivity index (χ1n) is 2.53. The Balaban J connectivity index is 0.000000320. The Morgan fingerprint density at radius 3 is 1.62 bits per heavy atom. The monoisotopic (exact) mass is 126 g/mol. The lowest BCUT2D eigenvalue weighted by Crippen LogP contribution is -1.59. The number of hydrogen-bond donors (Lipinski definition) is 0. The maximum absolute atomic E-state index is 2.18. The zero-order valence-corrected chi connectivity index (χ0v) is 5.24. The van der Waals surface area contributed by atoms with Crippen molar-refractivity contribution in [2.75, 3.05) is 0 Å². The van der Waals surface area contributed by atoms with E-state index in [9.17, 15) is 0 Å². The van der Waals surface area contributed by atoms with Gasteiger partial charge in [0.25, 0.3) is 0 Å². The van der Waals surface area contributed by atoms with Crippen molar-refractivity contribution in [2.45, 2.75) is 6.42 Å². The van der Waals surface area contributed by atoms with Gasteiger partial charge in [-0.25, -0.2) is 0 Å². The van der Waals surface area contributed by atoms with Crippen molar-refractivity contribution >= 4 is 12.4 Å². The van der Waals surface area contributed by atoms with Crippen LogP contribution in [-0.2, 0) is 0 Å². The van der Waals surface area contributed by atoms with E-state index in [1.807, 2.05) is 0 Å². The van der Waals surface area contributed by atoms with E-state index in [4.69, 9.17) is 0 Å². The molecule has 1 heteroatoms. The molecule has 0 saturated carbocycles. The van der Waals surface area contributed by atoms with Gasteiger partial charge < -0.3 is 0 Å². The molecule has 2 rings (SSSR count). The van der Waals surface area contributed by atoms with E-state index in [2.05, 4.69) is 24.3 Å². The lowest BCUT2D eigenvalue weighted by molar-refractivity contribution is 1.32. The molecule has 0 aromatic rings. The highest BCUT2D eigenvalue weighted by Crippen LogP contribution is 2.27. The first-order valence-corrected chi connectivity index (χ1v) is 2.53. The number of hydrogen-bond acceptors (Lipinski definition) is 0. The predicted molar refractivity (Wildman–Crippen MR) is 37.2 cm³/mol. The van der Waals surface area contributed by atoms with Crippen molar-refractivity contribution in [3.8, 4) is 0 Å². The Hall–Kier alpha value is -0.490. The fraction of sp³-hybridized carbons (Fsp3) is 0.143. The molecule has 0 spiro atoms. The van der Waals surface area contributed by atoms with Crippen LogP contribution in [0.5, 0.6) is 0 Å². The van der Waals surface area contributed by atoms with E-state index in [1.54, 1.807) is 0 Å². The van der Waals surface area contributed by atoms with Crippen molar-refractivity contribution in [2.24, 2.45) is 0 Å². The Morgan fingerprint density at radius 2 is 1.50 bits per heavy atom. The lowest BCUT2D eigenvalue weighted by Gasteiger charge is -1.77. The van der Waals surface area contributed by atoms with Crippen LogP contribution in [0.4, 0.5) is 0 Å². The molecule has 0 amide bonds. The Morgan fingerprint density at radius 1 is 1.00 bits per heavy atom. The highest BCUT2D eigenvalue weighted by molar-refractivity contribution is 5.85. The summed E-state index contributed by atoms with van der Waals surface area (Å²) in [5, 5.41) is 0. The molecule has 2 aliphatic carbocycles. The standard InChI is InChI=1S/C7H6.ClH/c1-2-7-4-3-6(1)5-7;/h1-4H,5H2;1H. The molecule has 0 atom stereocenters. The molecule has 0 radical (unpaired) electrons. The highest BCUT2D eigenvalue weighted by atomic mass is 35.5. The van der Waals surface area contributed by atoms with E-state index in [0.717, 1.165) is 0 Å². The predicted octanol–water partition coefficient (Wildman–Crippen LogP) is 2.23. The van der Waals surface area contributed by atoms with Crippen LogP contribution >= 0.6 is 12.4 Å². The van der Waals surface area contributed by atoms with Gasteiger partial charge >= 0.3 is 0 Å².